The second-order valence-corrected chi connectivity index (χ2v) is 8.09. The van der Waals surface area contributed by atoms with Gasteiger partial charge in [0.2, 0.25) is 5.89 Å². The summed E-state index contributed by atoms with van der Waals surface area (Å²) in [5.74, 6) is 0.501. The van der Waals surface area contributed by atoms with E-state index in [0.29, 0.717) is 16.7 Å². The Kier molecular flexibility index (Phi) is 5.39. The zero-order chi connectivity index (χ0) is 18.0. The lowest BCUT2D eigenvalue weighted by atomic mass is 10.1. The molecule has 0 amide bonds. The highest BCUT2D eigenvalue weighted by atomic mass is 79.9. The monoisotopic (exact) mass is 416 g/mol. The number of nitrogens with zero attached hydrogens (tertiary/aromatic N) is 2. The number of thioether (sulfide) groups is 1. The molecule has 6 heteroatoms. The first-order valence-corrected chi connectivity index (χ1v) is 9.48. The van der Waals surface area contributed by atoms with Gasteiger partial charge in [-0.25, -0.2) is 0 Å². The minimum absolute atomic E-state index is 0.0312. The Balaban J connectivity index is 1.74. The fraction of sp³-hybridized carbons (Fsp3) is 0.211. The molecule has 3 rings (SSSR count). The van der Waals surface area contributed by atoms with Crippen LogP contribution < -0.4 is 0 Å². The van der Waals surface area contributed by atoms with Crippen LogP contribution in [0.4, 0.5) is 0 Å². The van der Waals surface area contributed by atoms with Crippen LogP contribution in [0.2, 0.25) is 0 Å². The zero-order valence-corrected chi connectivity index (χ0v) is 16.5. The number of carbonyl (C=O) groups excluding carboxylic acids is 1. The number of hydrogen-bond donors (Lipinski definition) is 0. The molecule has 1 heterocycles. The third kappa shape index (κ3) is 4.38. The molecule has 0 aliphatic heterocycles. The largest absolute Gasteiger partial charge is 0.411 e. The Morgan fingerprint density at radius 1 is 1.08 bits per heavy atom. The number of Topliss-reactive ketones (excluding diaryl/α,β-unsaturated/α-hetero) is 1. The third-order valence-electron chi connectivity index (χ3n) is 3.65. The van der Waals surface area contributed by atoms with Crippen LogP contribution >= 0.6 is 27.7 Å². The van der Waals surface area contributed by atoms with Crippen molar-refractivity contribution in [3.8, 4) is 11.5 Å². The minimum atomic E-state index is -0.311. The first kappa shape index (κ1) is 17.9. The van der Waals surface area contributed by atoms with E-state index in [0.717, 1.165) is 21.2 Å². The summed E-state index contributed by atoms with van der Waals surface area (Å²) in [6.07, 6.45) is 0. The van der Waals surface area contributed by atoms with Crippen LogP contribution in [0.15, 0.2) is 56.6 Å². The van der Waals surface area contributed by atoms with E-state index >= 15 is 0 Å². The molecule has 1 unspecified atom stereocenters. The van der Waals surface area contributed by atoms with Gasteiger partial charge in [-0.2, -0.15) is 0 Å². The minimum Gasteiger partial charge on any atom is -0.411 e. The molecule has 0 bridgehead atoms. The Labute approximate surface area is 159 Å². The van der Waals surface area contributed by atoms with Crippen LogP contribution in [0.25, 0.3) is 11.5 Å². The third-order valence-corrected chi connectivity index (χ3v) is 5.11. The van der Waals surface area contributed by atoms with Crippen LogP contribution in [0, 0.1) is 13.8 Å². The van der Waals surface area contributed by atoms with Crippen molar-refractivity contribution >= 4 is 33.5 Å². The fourth-order valence-electron chi connectivity index (χ4n) is 2.53. The standard InChI is InChI=1S/C19H17BrN2O2S/c1-11-8-12(2)10-15(9-11)18-21-22-19(24-18)25-13(3)17(23)14-4-6-16(20)7-5-14/h4-10,13H,1-3H3. The lowest BCUT2D eigenvalue weighted by Crippen LogP contribution is -2.13. The average molecular weight is 417 g/mol. The van der Waals surface area contributed by atoms with Gasteiger partial charge in [-0.1, -0.05) is 57.0 Å². The predicted molar refractivity (Wildman–Crippen MR) is 103 cm³/mol. The second-order valence-electron chi connectivity index (χ2n) is 5.88. The smallest absolute Gasteiger partial charge is 0.277 e. The molecule has 0 saturated heterocycles. The molecule has 0 saturated carbocycles. The van der Waals surface area contributed by atoms with Gasteiger partial charge in [-0.3, -0.25) is 4.79 Å². The highest BCUT2D eigenvalue weighted by Gasteiger charge is 2.20. The summed E-state index contributed by atoms with van der Waals surface area (Å²) in [4.78, 5) is 12.5. The van der Waals surface area contributed by atoms with E-state index in [1.165, 1.54) is 11.8 Å². The van der Waals surface area contributed by atoms with Crippen LogP contribution in [0.3, 0.4) is 0 Å². The molecule has 1 aromatic heterocycles. The Morgan fingerprint density at radius 3 is 2.36 bits per heavy atom. The van der Waals surface area contributed by atoms with Crippen molar-refractivity contribution < 1.29 is 9.21 Å². The summed E-state index contributed by atoms with van der Waals surface area (Å²) in [5, 5.41) is 8.26. The average Bonchev–Trinajstić information content (AvgIpc) is 3.02. The van der Waals surface area contributed by atoms with Gasteiger partial charge in [0.15, 0.2) is 5.78 Å². The van der Waals surface area contributed by atoms with E-state index in [1.54, 1.807) is 12.1 Å². The van der Waals surface area contributed by atoms with Crippen molar-refractivity contribution in [3.05, 3.63) is 63.6 Å². The van der Waals surface area contributed by atoms with Gasteiger partial charge in [0.1, 0.15) is 0 Å². The van der Waals surface area contributed by atoms with E-state index in [1.807, 2.05) is 45.0 Å². The van der Waals surface area contributed by atoms with Crippen molar-refractivity contribution in [1.82, 2.24) is 10.2 Å². The summed E-state index contributed by atoms with van der Waals surface area (Å²) in [5.41, 5.74) is 3.84. The van der Waals surface area contributed by atoms with Crippen LogP contribution in [0.5, 0.6) is 0 Å². The molecule has 0 aliphatic rings. The zero-order valence-electron chi connectivity index (χ0n) is 14.1. The molecule has 1 atom stereocenters. The molecule has 0 N–H and O–H groups in total. The molecule has 0 aliphatic carbocycles. The molecule has 0 fully saturated rings. The number of aryl methyl sites for hydroxylation is 2. The van der Waals surface area contributed by atoms with Crippen molar-refractivity contribution in [3.63, 3.8) is 0 Å². The van der Waals surface area contributed by atoms with Gasteiger partial charge in [-0.05, 0) is 45.0 Å². The van der Waals surface area contributed by atoms with Crippen LogP contribution in [-0.2, 0) is 0 Å². The fourth-order valence-corrected chi connectivity index (χ4v) is 3.55. The number of carbonyl (C=O) groups is 1. The Hall–Kier alpha value is -1.92. The van der Waals surface area contributed by atoms with Crippen molar-refractivity contribution in [2.24, 2.45) is 0 Å². The maximum atomic E-state index is 12.5. The SMILES string of the molecule is Cc1cc(C)cc(-c2nnc(SC(C)C(=O)c3ccc(Br)cc3)o2)c1. The van der Waals surface area contributed by atoms with Crippen LogP contribution in [0.1, 0.15) is 28.4 Å². The second kappa shape index (κ2) is 7.54. The Morgan fingerprint density at radius 2 is 1.72 bits per heavy atom. The van der Waals surface area contributed by atoms with Crippen molar-refractivity contribution in [1.29, 1.82) is 0 Å². The normalized spacial score (nSPS) is 12.2. The summed E-state index contributed by atoms with van der Waals surface area (Å²) in [7, 11) is 0. The molecular formula is C19H17BrN2O2S. The van der Waals surface area contributed by atoms with Crippen molar-refractivity contribution in [2.75, 3.05) is 0 Å². The highest BCUT2D eigenvalue weighted by molar-refractivity contribution is 9.10. The first-order valence-electron chi connectivity index (χ1n) is 7.81. The first-order chi connectivity index (χ1) is 11.9. The summed E-state index contributed by atoms with van der Waals surface area (Å²) in [6.45, 7) is 5.90. The van der Waals surface area contributed by atoms with Gasteiger partial charge in [0.25, 0.3) is 5.22 Å². The molecule has 0 spiro atoms. The van der Waals surface area contributed by atoms with E-state index in [9.17, 15) is 4.79 Å². The Bertz CT molecular complexity index is 886. The molecular weight excluding hydrogens is 400 g/mol. The van der Waals surface area contributed by atoms with Gasteiger partial charge in [0, 0.05) is 15.6 Å². The lowest BCUT2D eigenvalue weighted by Gasteiger charge is -2.07. The molecule has 2 aromatic carbocycles. The van der Waals surface area contributed by atoms with Gasteiger partial charge in [0.05, 0.1) is 5.25 Å². The van der Waals surface area contributed by atoms with Crippen LogP contribution in [-0.4, -0.2) is 21.2 Å². The summed E-state index contributed by atoms with van der Waals surface area (Å²) >= 11 is 4.64. The van der Waals surface area contributed by atoms with Gasteiger partial charge < -0.3 is 4.42 Å². The summed E-state index contributed by atoms with van der Waals surface area (Å²) < 4.78 is 6.68. The molecule has 25 heavy (non-hydrogen) atoms. The predicted octanol–water partition coefficient (Wildman–Crippen LogP) is 5.48. The number of aromatic nitrogens is 2. The summed E-state index contributed by atoms with van der Waals surface area (Å²) in [6, 6.07) is 13.4. The highest BCUT2D eigenvalue weighted by Crippen LogP contribution is 2.28. The number of ketones is 1. The maximum absolute atomic E-state index is 12.5. The number of hydrogen-bond acceptors (Lipinski definition) is 5. The maximum Gasteiger partial charge on any atom is 0.277 e. The number of rotatable bonds is 5. The van der Waals surface area contributed by atoms with Crippen molar-refractivity contribution in [2.45, 2.75) is 31.2 Å². The molecule has 128 valence electrons. The van der Waals surface area contributed by atoms with E-state index in [2.05, 4.69) is 32.2 Å². The van der Waals surface area contributed by atoms with E-state index in [-0.39, 0.29) is 11.0 Å². The van der Waals surface area contributed by atoms with Gasteiger partial charge >= 0.3 is 0 Å². The quantitative estimate of drug-likeness (QED) is 0.407. The number of halogens is 1. The van der Waals surface area contributed by atoms with E-state index < -0.39 is 0 Å². The van der Waals surface area contributed by atoms with E-state index in [4.69, 9.17) is 4.42 Å². The van der Waals surface area contributed by atoms with Gasteiger partial charge in [-0.15, -0.1) is 10.2 Å². The molecule has 0 radical (unpaired) electrons. The topological polar surface area (TPSA) is 56.0 Å². The molecule has 4 nitrogen and oxygen atoms in total. The lowest BCUT2D eigenvalue weighted by molar-refractivity contribution is 0.0993. The number of benzene rings is 2. The molecule has 3 aromatic rings.